The molecule has 1 N–H and O–H groups in total. The van der Waals surface area contributed by atoms with Gasteiger partial charge < -0.3 is 4.84 Å². The third kappa shape index (κ3) is 2.23. The van der Waals surface area contributed by atoms with E-state index in [1.807, 2.05) is 35.3 Å². The first kappa shape index (κ1) is 12.6. The van der Waals surface area contributed by atoms with Crippen molar-refractivity contribution in [3.63, 3.8) is 0 Å². The summed E-state index contributed by atoms with van der Waals surface area (Å²) in [5, 5.41) is 1.94. The van der Waals surface area contributed by atoms with Crippen LogP contribution in [0.15, 0.2) is 36.7 Å². The van der Waals surface area contributed by atoms with Gasteiger partial charge >= 0.3 is 5.97 Å². The van der Waals surface area contributed by atoms with Gasteiger partial charge in [0.1, 0.15) is 6.33 Å². The number of aromatic nitrogens is 2. The molecule has 7 heteroatoms. The van der Waals surface area contributed by atoms with E-state index in [0.717, 1.165) is 11.3 Å². The molecular weight excluding hydrogens is 276 g/mol. The molecule has 0 fully saturated rings. The lowest BCUT2D eigenvalue weighted by atomic mass is 10.3. The van der Waals surface area contributed by atoms with Gasteiger partial charge in [-0.3, -0.25) is 10.4 Å². The molecule has 0 aliphatic carbocycles. The third-order valence-corrected chi connectivity index (χ3v) is 3.31. The number of carbonyl (C=O) groups excluding carboxylic acids is 1. The van der Waals surface area contributed by atoms with Crippen molar-refractivity contribution in [1.29, 1.82) is 0 Å². The first-order valence-corrected chi connectivity index (χ1v) is 6.44. The maximum absolute atomic E-state index is 11.0. The van der Waals surface area contributed by atoms with Crippen LogP contribution in [-0.2, 0) is 11.3 Å². The van der Waals surface area contributed by atoms with Crippen molar-refractivity contribution in [2.75, 3.05) is 10.4 Å². The third-order valence-electron chi connectivity index (χ3n) is 2.89. The Hall–Kier alpha value is -2.41. The molecule has 1 aromatic carbocycles. The van der Waals surface area contributed by atoms with Crippen LogP contribution in [0, 0.1) is 4.64 Å². The van der Waals surface area contributed by atoms with E-state index in [9.17, 15) is 4.79 Å². The van der Waals surface area contributed by atoms with Crippen molar-refractivity contribution < 1.29 is 9.63 Å². The fourth-order valence-electron chi connectivity index (χ4n) is 2.01. The molecule has 0 saturated carbocycles. The Labute approximate surface area is 120 Å². The number of benzene rings is 1. The maximum Gasteiger partial charge on any atom is 0.329 e. The summed E-state index contributed by atoms with van der Waals surface area (Å²) in [6, 6.07) is 9.85. The second-order valence-corrected chi connectivity index (χ2v) is 4.71. The normalized spacial score (nSPS) is 12.8. The summed E-state index contributed by atoms with van der Waals surface area (Å²) in [5.74, 6) is 0.246. The van der Waals surface area contributed by atoms with Gasteiger partial charge in [-0.1, -0.05) is 30.4 Å². The van der Waals surface area contributed by atoms with Crippen LogP contribution in [0.3, 0.4) is 0 Å². The van der Waals surface area contributed by atoms with Crippen molar-refractivity contribution in [2.45, 2.75) is 13.5 Å². The van der Waals surface area contributed by atoms with Gasteiger partial charge in [-0.2, -0.15) is 4.73 Å². The maximum atomic E-state index is 11.0. The fraction of sp³-hybridized carbons (Fsp3) is 0.154. The quantitative estimate of drug-likeness (QED) is 0.852. The molecule has 0 spiro atoms. The van der Waals surface area contributed by atoms with E-state index in [4.69, 9.17) is 17.1 Å². The highest BCUT2D eigenvalue weighted by molar-refractivity contribution is 7.71. The van der Waals surface area contributed by atoms with Gasteiger partial charge in [-0.05, 0) is 12.1 Å². The molecule has 0 unspecified atom stereocenters. The number of hydrogen-bond acceptors (Lipinski definition) is 6. The summed E-state index contributed by atoms with van der Waals surface area (Å²) in [6.45, 7) is 1.89. The van der Waals surface area contributed by atoms with Gasteiger partial charge in [0, 0.05) is 6.92 Å². The average molecular weight is 288 g/mol. The number of hydrazine groups is 1. The van der Waals surface area contributed by atoms with E-state index in [2.05, 4.69) is 10.4 Å². The lowest BCUT2D eigenvalue weighted by molar-refractivity contribution is -0.141. The SMILES string of the molecule is CC(=O)On1cnc2c(c1=S)CN(c1ccccc1)N2. The zero-order valence-electron chi connectivity index (χ0n) is 10.7. The monoisotopic (exact) mass is 288 g/mol. The molecule has 0 bridgehead atoms. The minimum atomic E-state index is -0.436. The van der Waals surface area contributed by atoms with E-state index in [-0.39, 0.29) is 0 Å². The molecule has 1 aliphatic rings. The van der Waals surface area contributed by atoms with Gasteiger partial charge in [0.25, 0.3) is 0 Å². The highest BCUT2D eigenvalue weighted by Gasteiger charge is 2.22. The summed E-state index contributed by atoms with van der Waals surface area (Å²) in [7, 11) is 0. The van der Waals surface area contributed by atoms with Crippen LogP contribution >= 0.6 is 12.2 Å². The Morgan fingerprint density at radius 2 is 2.15 bits per heavy atom. The summed E-state index contributed by atoms with van der Waals surface area (Å²) < 4.78 is 1.66. The van der Waals surface area contributed by atoms with Crippen LogP contribution in [0.25, 0.3) is 0 Å². The van der Waals surface area contributed by atoms with Gasteiger partial charge in [-0.15, -0.1) is 0 Å². The van der Waals surface area contributed by atoms with Crippen LogP contribution in [0.1, 0.15) is 12.5 Å². The fourth-order valence-corrected chi connectivity index (χ4v) is 2.25. The minimum absolute atomic E-state index is 0.436. The first-order chi connectivity index (χ1) is 9.65. The zero-order valence-corrected chi connectivity index (χ0v) is 11.6. The molecule has 6 nitrogen and oxygen atoms in total. The summed E-state index contributed by atoms with van der Waals surface area (Å²) >= 11 is 5.32. The lowest BCUT2D eigenvalue weighted by Gasteiger charge is -2.17. The molecule has 2 aromatic rings. The van der Waals surface area contributed by atoms with Crippen molar-refractivity contribution in [2.24, 2.45) is 0 Å². The number of anilines is 2. The molecule has 1 aliphatic heterocycles. The summed E-state index contributed by atoms with van der Waals surface area (Å²) in [4.78, 5) is 20.2. The van der Waals surface area contributed by atoms with Crippen LogP contribution in [-0.4, -0.2) is 15.7 Å². The second kappa shape index (κ2) is 4.93. The molecule has 20 heavy (non-hydrogen) atoms. The number of fused-ring (bicyclic) bond motifs is 1. The van der Waals surface area contributed by atoms with Gasteiger partial charge in [-0.25, -0.2) is 9.78 Å². The molecule has 0 amide bonds. The number of para-hydroxylation sites is 1. The van der Waals surface area contributed by atoms with Crippen LogP contribution in [0.4, 0.5) is 11.5 Å². The highest BCUT2D eigenvalue weighted by atomic mass is 32.1. The van der Waals surface area contributed by atoms with Gasteiger partial charge in [0.15, 0.2) is 10.5 Å². The number of hydrogen-bond donors (Lipinski definition) is 1. The minimum Gasteiger partial charge on any atom is -0.335 e. The Morgan fingerprint density at radius 1 is 1.40 bits per heavy atom. The molecule has 102 valence electrons. The van der Waals surface area contributed by atoms with Crippen molar-refractivity contribution in [1.82, 2.24) is 9.71 Å². The molecule has 0 atom stereocenters. The zero-order chi connectivity index (χ0) is 14.1. The van der Waals surface area contributed by atoms with E-state index >= 15 is 0 Å². The summed E-state index contributed by atoms with van der Waals surface area (Å²) in [5.41, 5.74) is 5.01. The molecular formula is C13H12N4O2S. The van der Waals surface area contributed by atoms with Crippen LogP contribution in [0.5, 0.6) is 0 Å². The highest BCUT2D eigenvalue weighted by Crippen LogP contribution is 2.27. The lowest BCUT2D eigenvalue weighted by Crippen LogP contribution is -2.22. The topological polar surface area (TPSA) is 59.4 Å². The largest absolute Gasteiger partial charge is 0.335 e. The molecule has 1 aromatic heterocycles. The molecule has 2 heterocycles. The van der Waals surface area contributed by atoms with Crippen LogP contribution < -0.4 is 15.3 Å². The standard InChI is InChI=1S/C13H12N4O2S/c1-9(18)19-17-8-14-12-11(13(17)20)7-16(15-12)10-5-3-2-4-6-10/h2-6,8,15H,7H2,1H3. The smallest absolute Gasteiger partial charge is 0.329 e. The number of nitrogens with zero attached hydrogens (tertiary/aromatic N) is 3. The van der Waals surface area contributed by atoms with E-state index < -0.39 is 5.97 Å². The number of carbonyl (C=O) groups is 1. The number of rotatable bonds is 2. The average Bonchev–Trinajstić information content (AvgIpc) is 2.87. The van der Waals surface area contributed by atoms with E-state index in [1.165, 1.54) is 18.0 Å². The van der Waals surface area contributed by atoms with E-state index in [0.29, 0.717) is 17.0 Å². The Kier molecular flexibility index (Phi) is 3.11. The van der Waals surface area contributed by atoms with Gasteiger partial charge in [0.05, 0.1) is 17.8 Å². The molecule has 0 saturated heterocycles. The Balaban J connectivity index is 1.92. The Morgan fingerprint density at radius 3 is 2.85 bits per heavy atom. The second-order valence-electron chi connectivity index (χ2n) is 4.32. The predicted molar refractivity (Wildman–Crippen MR) is 76.6 cm³/mol. The van der Waals surface area contributed by atoms with Crippen molar-refractivity contribution >= 4 is 29.7 Å². The molecule has 0 radical (unpaired) electrons. The molecule has 3 rings (SSSR count). The van der Waals surface area contributed by atoms with E-state index in [1.54, 1.807) is 0 Å². The van der Waals surface area contributed by atoms with Crippen molar-refractivity contribution in [3.05, 3.63) is 46.9 Å². The van der Waals surface area contributed by atoms with Crippen LogP contribution in [0.2, 0.25) is 0 Å². The number of nitrogens with one attached hydrogen (secondary N) is 1. The van der Waals surface area contributed by atoms with Gasteiger partial charge in [0.2, 0.25) is 0 Å². The van der Waals surface area contributed by atoms with Crippen molar-refractivity contribution in [3.8, 4) is 0 Å². The predicted octanol–water partition coefficient (Wildman–Crippen LogP) is 1.93. The first-order valence-electron chi connectivity index (χ1n) is 6.04. The Bertz CT molecular complexity index is 714. The summed E-state index contributed by atoms with van der Waals surface area (Å²) in [6.07, 6.45) is 1.39.